The third kappa shape index (κ3) is 6.45. The first-order chi connectivity index (χ1) is 15.3. The Labute approximate surface area is 189 Å². The summed E-state index contributed by atoms with van der Waals surface area (Å²) in [4.78, 5) is 8.70. The molecule has 31 heavy (non-hydrogen) atoms. The molecule has 3 aromatic rings. The second-order valence-corrected chi connectivity index (χ2v) is 9.07. The maximum Gasteiger partial charge on any atom is 0.191 e. The van der Waals surface area contributed by atoms with Crippen LogP contribution in [0.4, 0.5) is 0 Å². The largest absolute Gasteiger partial charge is 0.469 e. The van der Waals surface area contributed by atoms with Crippen molar-refractivity contribution in [3.63, 3.8) is 0 Å². The molecule has 3 heterocycles. The number of nitrogens with zero attached hydrogens (tertiary/aromatic N) is 2. The monoisotopic (exact) mass is 436 g/mol. The van der Waals surface area contributed by atoms with Crippen LogP contribution in [0.2, 0.25) is 0 Å². The fourth-order valence-corrected chi connectivity index (χ4v) is 4.67. The molecular weight excluding hydrogens is 404 g/mol. The van der Waals surface area contributed by atoms with E-state index in [1.165, 1.54) is 10.4 Å². The number of hydrogen-bond acceptors (Lipinski definition) is 4. The summed E-state index contributed by atoms with van der Waals surface area (Å²) in [6, 6.07) is 19.9. The second-order valence-electron chi connectivity index (χ2n) is 8.04. The Bertz CT molecular complexity index is 900. The highest BCUT2D eigenvalue weighted by Gasteiger charge is 2.24. The number of piperidine rings is 1. The van der Waals surface area contributed by atoms with Crippen molar-refractivity contribution in [3.05, 3.63) is 82.4 Å². The van der Waals surface area contributed by atoms with E-state index in [1.807, 2.05) is 12.1 Å². The molecule has 4 rings (SSSR count). The Balaban J connectivity index is 1.30. The van der Waals surface area contributed by atoms with Gasteiger partial charge in [0.1, 0.15) is 5.76 Å². The molecule has 1 aromatic carbocycles. The molecule has 1 aliphatic heterocycles. The maximum absolute atomic E-state index is 5.45. The lowest BCUT2D eigenvalue weighted by Crippen LogP contribution is -2.49. The Morgan fingerprint density at radius 2 is 1.97 bits per heavy atom. The minimum absolute atomic E-state index is 0.442. The molecule has 164 valence electrons. The number of hydrogen-bond donors (Lipinski definition) is 2. The summed E-state index contributed by atoms with van der Waals surface area (Å²) in [6.45, 7) is 6.01. The zero-order valence-corrected chi connectivity index (χ0v) is 19.0. The van der Waals surface area contributed by atoms with Crippen LogP contribution in [0.3, 0.4) is 0 Å². The number of thiophene rings is 1. The quantitative estimate of drug-likeness (QED) is 0.392. The summed E-state index contributed by atoms with van der Waals surface area (Å²) in [7, 11) is 0. The molecule has 1 aliphatic rings. The number of guanidine groups is 1. The molecule has 1 unspecified atom stereocenters. The topological polar surface area (TPSA) is 52.8 Å². The van der Waals surface area contributed by atoms with Crippen molar-refractivity contribution >= 4 is 17.3 Å². The van der Waals surface area contributed by atoms with Crippen LogP contribution in [0, 0.1) is 0 Å². The molecule has 1 fully saturated rings. The van der Waals surface area contributed by atoms with Crippen LogP contribution in [0.15, 0.2) is 75.7 Å². The fraction of sp³-hybridized carbons (Fsp3) is 0.400. The molecule has 0 aliphatic carbocycles. The molecule has 0 radical (unpaired) electrons. The Morgan fingerprint density at radius 3 is 2.68 bits per heavy atom. The lowest BCUT2D eigenvalue weighted by atomic mass is 10.0. The maximum atomic E-state index is 5.45. The standard InChI is InChI=1S/C25H32N4OS/c1-20(21-7-3-2-4-8-21)29-15-12-22(13-16-29)28-25(27-19-24-10-6-18-31-24)26-14-11-23-9-5-17-30-23/h2-10,17-18,20,22H,11-16,19H2,1H3,(H2,26,27,28). The molecule has 2 N–H and O–H groups in total. The van der Waals surface area contributed by atoms with Crippen molar-refractivity contribution in [2.24, 2.45) is 4.99 Å². The van der Waals surface area contributed by atoms with Crippen LogP contribution in [-0.2, 0) is 13.0 Å². The van der Waals surface area contributed by atoms with Gasteiger partial charge in [0.2, 0.25) is 0 Å². The van der Waals surface area contributed by atoms with E-state index < -0.39 is 0 Å². The van der Waals surface area contributed by atoms with E-state index in [0.29, 0.717) is 18.6 Å². The Kier molecular flexibility index (Phi) is 7.80. The van der Waals surface area contributed by atoms with Gasteiger partial charge in [-0.25, -0.2) is 4.99 Å². The van der Waals surface area contributed by atoms with E-state index in [2.05, 4.69) is 70.3 Å². The smallest absolute Gasteiger partial charge is 0.191 e. The van der Waals surface area contributed by atoms with Crippen LogP contribution >= 0.6 is 11.3 Å². The summed E-state index contributed by atoms with van der Waals surface area (Å²) in [5, 5.41) is 9.28. The van der Waals surface area contributed by atoms with E-state index in [1.54, 1.807) is 17.6 Å². The summed E-state index contributed by atoms with van der Waals surface area (Å²) >= 11 is 1.75. The van der Waals surface area contributed by atoms with E-state index in [-0.39, 0.29) is 0 Å². The van der Waals surface area contributed by atoms with Crippen LogP contribution < -0.4 is 10.6 Å². The number of nitrogens with one attached hydrogen (secondary N) is 2. The van der Waals surface area contributed by atoms with Crippen LogP contribution in [-0.4, -0.2) is 36.5 Å². The molecule has 6 heteroatoms. The average Bonchev–Trinajstić information content (AvgIpc) is 3.52. The van der Waals surface area contributed by atoms with Gasteiger partial charge in [-0.3, -0.25) is 4.90 Å². The summed E-state index contributed by atoms with van der Waals surface area (Å²) in [5.41, 5.74) is 1.40. The van der Waals surface area contributed by atoms with E-state index in [4.69, 9.17) is 9.41 Å². The van der Waals surface area contributed by atoms with Gasteiger partial charge in [0, 0.05) is 43.0 Å². The van der Waals surface area contributed by atoms with Crippen molar-refractivity contribution in [3.8, 4) is 0 Å². The van der Waals surface area contributed by atoms with Crippen LogP contribution in [0.5, 0.6) is 0 Å². The first kappa shape index (κ1) is 21.7. The van der Waals surface area contributed by atoms with Crippen molar-refractivity contribution in [1.82, 2.24) is 15.5 Å². The van der Waals surface area contributed by atoms with Gasteiger partial charge in [0.05, 0.1) is 12.8 Å². The van der Waals surface area contributed by atoms with Gasteiger partial charge in [-0.05, 0) is 48.9 Å². The van der Waals surface area contributed by atoms with E-state index >= 15 is 0 Å². The van der Waals surface area contributed by atoms with Gasteiger partial charge in [0.15, 0.2) is 5.96 Å². The van der Waals surface area contributed by atoms with Crippen LogP contribution in [0.1, 0.15) is 42.0 Å². The number of rotatable bonds is 8. The van der Waals surface area contributed by atoms with Crippen molar-refractivity contribution < 1.29 is 4.42 Å². The predicted octanol–water partition coefficient (Wildman–Crippen LogP) is 4.84. The average molecular weight is 437 g/mol. The second kappa shape index (κ2) is 11.2. The van der Waals surface area contributed by atoms with E-state index in [9.17, 15) is 0 Å². The summed E-state index contributed by atoms with van der Waals surface area (Å²) in [5.74, 6) is 1.89. The minimum atomic E-state index is 0.442. The normalized spacial score (nSPS) is 16.9. The molecule has 0 saturated carbocycles. The predicted molar refractivity (Wildman–Crippen MR) is 128 cm³/mol. The van der Waals surface area contributed by atoms with Gasteiger partial charge in [-0.15, -0.1) is 11.3 Å². The first-order valence-corrected chi connectivity index (χ1v) is 12.0. The van der Waals surface area contributed by atoms with Crippen LogP contribution in [0.25, 0.3) is 0 Å². The number of likely N-dealkylation sites (tertiary alicyclic amines) is 1. The molecule has 1 saturated heterocycles. The highest BCUT2D eigenvalue weighted by Crippen LogP contribution is 2.24. The van der Waals surface area contributed by atoms with Crippen molar-refractivity contribution in [2.75, 3.05) is 19.6 Å². The Morgan fingerprint density at radius 1 is 1.13 bits per heavy atom. The minimum Gasteiger partial charge on any atom is -0.469 e. The summed E-state index contributed by atoms with van der Waals surface area (Å²) in [6.07, 6.45) is 4.81. The number of benzene rings is 1. The Hall–Kier alpha value is -2.57. The fourth-order valence-electron chi connectivity index (χ4n) is 4.04. The summed E-state index contributed by atoms with van der Waals surface area (Å²) < 4.78 is 5.45. The highest BCUT2D eigenvalue weighted by atomic mass is 32.1. The van der Waals surface area contributed by atoms with Crippen molar-refractivity contribution in [2.45, 2.75) is 44.8 Å². The molecule has 2 aromatic heterocycles. The van der Waals surface area contributed by atoms with Gasteiger partial charge in [-0.2, -0.15) is 0 Å². The third-order valence-corrected chi connectivity index (χ3v) is 6.78. The lowest BCUT2D eigenvalue weighted by Gasteiger charge is -2.37. The van der Waals surface area contributed by atoms with Crippen molar-refractivity contribution in [1.29, 1.82) is 0 Å². The van der Waals surface area contributed by atoms with E-state index in [0.717, 1.165) is 50.6 Å². The third-order valence-electron chi connectivity index (χ3n) is 5.92. The number of furan rings is 1. The highest BCUT2D eigenvalue weighted by molar-refractivity contribution is 7.09. The first-order valence-electron chi connectivity index (χ1n) is 11.2. The molecule has 5 nitrogen and oxygen atoms in total. The zero-order chi connectivity index (χ0) is 21.3. The molecule has 0 spiro atoms. The van der Waals surface area contributed by atoms with Gasteiger partial charge < -0.3 is 15.1 Å². The SMILES string of the molecule is CC(c1ccccc1)N1CCC(NC(=NCc2cccs2)NCCc2ccco2)CC1. The molecule has 0 bridgehead atoms. The van der Waals surface area contributed by atoms with Gasteiger partial charge >= 0.3 is 0 Å². The van der Waals surface area contributed by atoms with Gasteiger partial charge in [-0.1, -0.05) is 36.4 Å². The molecular formula is C25H32N4OS. The lowest BCUT2D eigenvalue weighted by molar-refractivity contribution is 0.158. The number of aliphatic imine (C=N–C) groups is 1. The zero-order valence-electron chi connectivity index (χ0n) is 18.2. The molecule has 0 amide bonds. The van der Waals surface area contributed by atoms with Gasteiger partial charge in [0.25, 0.3) is 0 Å². The molecule has 1 atom stereocenters.